The van der Waals surface area contributed by atoms with Gasteiger partial charge in [-0.3, -0.25) is 0 Å². The topological polar surface area (TPSA) is 35.5 Å². The molecule has 1 aliphatic heterocycles. The van der Waals surface area contributed by atoms with E-state index < -0.39 is 0 Å². The molecule has 0 aliphatic carbocycles. The predicted octanol–water partition coefficient (Wildman–Crippen LogP) is 0.467. The fourth-order valence-electron chi connectivity index (χ4n) is 0.681. The first-order chi connectivity index (χ1) is 5.33. The van der Waals surface area contributed by atoms with E-state index in [0.717, 1.165) is 0 Å². The third-order valence-electron chi connectivity index (χ3n) is 1.17. The van der Waals surface area contributed by atoms with Gasteiger partial charge in [0.1, 0.15) is 12.4 Å². The van der Waals surface area contributed by atoms with Gasteiger partial charge >= 0.3 is 5.97 Å². The summed E-state index contributed by atoms with van der Waals surface area (Å²) in [5, 5.41) is 0. The molecule has 1 heterocycles. The van der Waals surface area contributed by atoms with E-state index in [0.29, 0.717) is 18.8 Å². The fraction of sp³-hybridized carbons (Fsp3) is 0.375. The maximum Gasteiger partial charge on any atom is 0.334 e. The van der Waals surface area contributed by atoms with Crippen LogP contribution in [-0.4, -0.2) is 19.2 Å². The van der Waals surface area contributed by atoms with Crippen molar-refractivity contribution in [2.75, 3.05) is 13.2 Å². The second-order valence-corrected chi connectivity index (χ2v) is 2.02. The number of esters is 1. The van der Waals surface area contributed by atoms with E-state index in [2.05, 4.69) is 10.7 Å². The summed E-state index contributed by atoms with van der Waals surface area (Å²) in [7, 11) is 0. The highest BCUT2D eigenvalue weighted by Gasteiger charge is 2.12. The molecule has 0 atom stereocenters. The lowest BCUT2D eigenvalue weighted by Gasteiger charge is -2.01. The van der Waals surface area contributed by atoms with Gasteiger partial charge in [-0.15, -0.1) is 12.3 Å². The van der Waals surface area contributed by atoms with Crippen molar-refractivity contribution in [2.45, 2.75) is 6.42 Å². The Bertz CT molecular complexity index is 222. The summed E-state index contributed by atoms with van der Waals surface area (Å²) in [6.07, 6.45) is 6.87. The number of hydrogen-bond donors (Lipinski definition) is 0. The second-order valence-electron chi connectivity index (χ2n) is 2.02. The van der Waals surface area contributed by atoms with Crippen LogP contribution >= 0.6 is 0 Å². The standard InChI is InChI=1S/C8H8O3/c1-2-3-4-10-7-5-8(9)11-6-7/h1,5H,3-4,6H2. The number of rotatable bonds is 3. The van der Waals surface area contributed by atoms with E-state index in [9.17, 15) is 4.79 Å². The molecule has 0 spiro atoms. The largest absolute Gasteiger partial charge is 0.493 e. The van der Waals surface area contributed by atoms with Gasteiger partial charge in [0.25, 0.3) is 0 Å². The summed E-state index contributed by atoms with van der Waals surface area (Å²) in [6.45, 7) is 0.683. The minimum absolute atomic E-state index is 0.239. The van der Waals surface area contributed by atoms with E-state index in [1.807, 2.05) is 0 Å². The van der Waals surface area contributed by atoms with Crippen LogP contribution in [0.5, 0.6) is 0 Å². The van der Waals surface area contributed by atoms with Crippen LogP contribution in [0, 0.1) is 12.3 Å². The molecular weight excluding hydrogens is 144 g/mol. The van der Waals surface area contributed by atoms with Gasteiger partial charge in [-0.1, -0.05) is 0 Å². The number of carbonyl (C=O) groups is 1. The maximum atomic E-state index is 10.5. The van der Waals surface area contributed by atoms with Gasteiger partial charge < -0.3 is 9.47 Å². The quantitative estimate of drug-likeness (QED) is 0.335. The van der Waals surface area contributed by atoms with Crippen LogP contribution in [0.25, 0.3) is 0 Å². The Labute approximate surface area is 65.0 Å². The minimum atomic E-state index is -0.347. The Morgan fingerprint density at radius 3 is 3.18 bits per heavy atom. The number of terminal acetylenes is 1. The van der Waals surface area contributed by atoms with Crippen LogP contribution in [-0.2, 0) is 14.3 Å². The van der Waals surface area contributed by atoms with Crippen molar-refractivity contribution in [3.8, 4) is 12.3 Å². The molecule has 0 N–H and O–H groups in total. The Morgan fingerprint density at radius 1 is 1.82 bits per heavy atom. The molecule has 0 aromatic heterocycles. The first-order valence-electron chi connectivity index (χ1n) is 3.26. The zero-order valence-electron chi connectivity index (χ0n) is 6.00. The normalized spacial score (nSPS) is 15.2. The summed E-state index contributed by atoms with van der Waals surface area (Å²) in [5.74, 6) is 2.64. The maximum absolute atomic E-state index is 10.5. The molecule has 0 amide bonds. The Morgan fingerprint density at radius 2 is 2.64 bits per heavy atom. The summed E-state index contributed by atoms with van der Waals surface area (Å²) >= 11 is 0. The lowest BCUT2D eigenvalue weighted by atomic mass is 10.4. The zero-order chi connectivity index (χ0) is 8.10. The van der Waals surface area contributed by atoms with E-state index in [1.165, 1.54) is 6.08 Å². The van der Waals surface area contributed by atoms with Crippen molar-refractivity contribution in [2.24, 2.45) is 0 Å². The molecular formula is C8H8O3. The Kier molecular flexibility index (Phi) is 2.56. The highest BCUT2D eigenvalue weighted by atomic mass is 16.6. The zero-order valence-corrected chi connectivity index (χ0v) is 6.00. The number of hydrogen-bond acceptors (Lipinski definition) is 3. The number of cyclic esters (lactones) is 1. The van der Waals surface area contributed by atoms with E-state index in [1.54, 1.807) is 0 Å². The van der Waals surface area contributed by atoms with Gasteiger partial charge in [0.05, 0.1) is 12.7 Å². The first kappa shape index (κ1) is 7.67. The van der Waals surface area contributed by atoms with Gasteiger partial charge in [0, 0.05) is 6.42 Å². The molecule has 3 nitrogen and oxygen atoms in total. The van der Waals surface area contributed by atoms with Gasteiger partial charge in [-0.05, 0) is 0 Å². The van der Waals surface area contributed by atoms with Crippen molar-refractivity contribution in [1.82, 2.24) is 0 Å². The third kappa shape index (κ3) is 2.34. The minimum Gasteiger partial charge on any atom is -0.493 e. The SMILES string of the molecule is C#CCCOC1=CC(=O)OC1. The molecule has 3 heteroatoms. The van der Waals surface area contributed by atoms with Crippen molar-refractivity contribution in [3.63, 3.8) is 0 Å². The van der Waals surface area contributed by atoms with Gasteiger partial charge in [0.2, 0.25) is 0 Å². The van der Waals surface area contributed by atoms with Crippen LogP contribution in [0.1, 0.15) is 6.42 Å². The van der Waals surface area contributed by atoms with Gasteiger partial charge in [-0.2, -0.15) is 0 Å². The Hall–Kier alpha value is -1.43. The molecule has 0 unspecified atom stereocenters. The fourth-order valence-corrected chi connectivity index (χ4v) is 0.681. The van der Waals surface area contributed by atoms with Gasteiger partial charge in [-0.25, -0.2) is 4.79 Å². The van der Waals surface area contributed by atoms with E-state index >= 15 is 0 Å². The van der Waals surface area contributed by atoms with Crippen molar-refractivity contribution in [3.05, 3.63) is 11.8 Å². The van der Waals surface area contributed by atoms with Gasteiger partial charge in [0.15, 0.2) is 0 Å². The molecule has 0 aromatic carbocycles. The molecule has 0 bridgehead atoms. The molecule has 0 radical (unpaired) electrons. The molecule has 0 saturated heterocycles. The molecule has 0 aromatic rings. The second kappa shape index (κ2) is 3.67. The molecule has 0 fully saturated rings. The van der Waals surface area contributed by atoms with Crippen LogP contribution in [0.4, 0.5) is 0 Å². The molecule has 0 saturated carbocycles. The van der Waals surface area contributed by atoms with E-state index in [-0.39, 0.29) is 12.6 Å². The van der Waals surface area contributed by atoms with Crippen molar-refractivity contribution >= 4 is 5.97 Å². The molecule has 1 rings (SSSR count). The highest BCUT2D eigenvalue weighted by Crippen LogP contribution is 2.06. The third-order valence-corrected chi connectivity index (χ3v) is 1.17. The lowest BCUT2D eigenvalue weighted by Crippen LogP contribution is -1.96. The molecule has 1 aliphatic rings. The monoisotopic (exact) mass is 152 g/mol. The van der Waals surface area contributed by atoms with E-state index in [4.69, 9.17) is 11.2 Å². The summed E-state index contributed by atoms with van der Waals surface area (Å²) < 4.78 is 9.67. The average Bonchev–Trinajstić information content (AvgIpc) is 2.37. The van der Waals surface area contributed by atoms with Crippen LogP contribution < -0.4 is 0 Å². The Balaban J connectivity index is 2.23. The van der Waals surface area contributed by atoms with Crippen LogP contribution in [0.3, 0.4) is 0 Å². The summed E-state index contributed by atoms with van der Waals surface area (Å²) in [4.78, 5) is 10.5. The molecule has 58 valence electrons. The predicted molar refractivity (Wildman–Crippen MR) is 38.4 cm³/mol. The number of carbonyl (C=O) groups excluding carboxylic acids is 1. The average molecular weight is 152 g/mol. The highest BCUT2D eigenvalue weighted by molar-refractivity contribution is 5.84. The van der Waals surface area contributed by atoms with Crippen molar-refractivity contribution in [1.29, 1.82) is 0 Å². The molecule has 11 heavy (non-hydrogen) atoms. The van der Waals surface area contributed by atoms with Crippen molar-refractivity contribution < 1.29 is 14.3 Å². The van der Waals surface area contributed by atoms with Crippen LogP contribution in [0.2, 0.25) is 0 Å². The number of ether oxygens (including phenoxy) is 2. The lowest BCUT2D eigenvalue weighted by molar-refractivity contribution is -0.135. The summed E-state index contributed by atoms with van der Waals surface area (Å²) in [6, 6.07) is 0. The summed E-state index contributed by atoms with van der Waals surface area (Å²) in [5.41, 5.74) is 0. The first-order valence-corrected chi connectivity index (χ1v) is 3.26. The van der Waals surface area contributed by atoms with Crippen LogP contribution in [0.15, 0.2) is 11.8 Å². The smallest absolute Gasteiger partial charge is 0.334 e.